The first-order valence-electron chi connectivity index (χ1n) is 11.5. The molecule has 0 radical (unpaired) electrons. The molecule has 39 heavy (non-hydrogen) atoms. The molecule has 0 spiro atoms. The van der Waals surface area contributed by atoms with Crippen LogP contribution in [0, 0.1) is 0 Å². The van der Waals surface area contributed by atoms with Crippen molar-refractivity contribution in [1.29, 1.82) is 0 Å². The number of halogens is 2. The van der Waals surface area contributed by atoms with Gasteiger partial charge in [0.1, 0.15) is 0 Å². The minimum atomic E-state index is -0.566. The summed E-state index contributed by atoms with van der Waals surface area (Å²) in [4.78, 5) is 37.5. The van der Waals surface area contributed by atoms with Crippen molar-refractivity contribution in [2.45, 2.75) is 0 Å². The van der Waals surface area contributed by atoms with Crippen LogP contribution in [0.4, 0.5) is 5.69 Å². The Morgan fingerprint density at radius 3 is 2.31 bits per heavy atom. The van der Waals surface area contributed by atoms with Crippen LogP contribution in [0.3, 0.4) is 0 Å². The standard InChI is InChI=1S/C29H21Cl2N3O5/c1-38-26-15-18(9-14-25(26)39-29(37)19-10-12-21(30)13-11-19)17-32-34-27(35)20-5-4-6-22(16-20)33-28(36)23-7-2-3-8-24(23)31/h2-17H,1H3,(H,33,36)(H,34,35). The van der Waals surface area contributed by atoms with E-state index in [9.17, 15) is 14.4 Å². The number of amides is 2. The van der Waals surface area contributed by atoms with E-state index >= 15 is 0 Å². The second-order valence-electron chi connectivity index (χ2n) is 8.02. The fourth-order valence-electron chi connectivity index (χ4n) is 3.41. The molecule has 196 valence electrons. The molecule has 2 N–H and O–H groups in total. The van der Waals surface area contributed by atoms with Crippen molar-refractivity contribution >= 4 is 52.9 Å². The van der Waals surface area contributed by atoms with Crippen molar-refractivity contribution in [3.05, 3.63) is 123 Å². The van der Waals surface area contributed by atoms with Crippen LogP contribution in [0.5, 0.6) is 11.5 Å². The molecule has 10 heteroatoms. The molecular formula is C29H21Cl2N3O5. The molecule has 4 rings (SSSR count). The number of methoxy groups -OCH3 is 1. The van der Waals surface area contributed by atoms with Crippen LogP contribution < -0.4 is 20.2 Å². The lowest BCUT2D eigenvalue weighted by atomic mass is 10.1. The van der Waals surface area contributed by atoms with Crippen LogP contribution in [0.2, 0.25) is 10.0 Å². The third-order valence-corrected chi connectivity index (χ3v) is 5.93. The molecular weight excluding hydrogens is 541 g/mol. The summed E-state index contributed by atoms with van der Waals surface area (Å²) in [5, 5.41) is 7.54. The number of nitrogens with one attached hydrogen (secondary N) is 2. The summed E-state index contributed by atoms with van der Waals surface area (Å²) in [5.41, 5.74) is 4.38. The van der Waals surface area contributed by atoms with E-state index in [2.05, 4.69) is 15.8 Å². The highest BCUT2D eigenvalue weighted by molar-refractivity contribution is 6.34. The SMILES string of the molecule is COc1cc(C=NNC(=O)c2cccc(NC(=O)c3ccccc3Cl)c2)ccc1OC(=O)c1ccc(Cl)cc1. The lowest BCUT2D eigenvalue weighted by Gasteiger charge is -2.10. The van der Waals surface area contributed by atoms with E-state index in [0.29, 0.717) is 38.2 Å². The Bertz CT molecular complexity index is 1560. The Kier molecular flexibility index (Phi) is 8.94. The number of anilines is 1. The first kappa shape index (κ1) is 27.4. The number of hydrazone groups is 1. The van der Waals surface area contributed by atoms with Gasteiger partial charge in [0.05, 0.1) is 29.5 Å². The molecule has 0 aliphatic carbocycles. The van der Waals surface area contributed by atoms with Gasteiger partial charge in [-0.15, -0.1) is 0 Å². The van der Waals surface area contributed by atoms with E-state index in [1.165, 1.54) is 19.4 Å². The summed E-state index contributed by atoms with van der Waals surface area (Å²) < 4.78 is 10.8. The van der Waals surface area contributed by atoms with Crippen LogP contribution in [0.15, 0.2) is 96.1 Å². The molecule has 4 aromatic rings. The van der Waals surface area contributed by atoms with Crippen molar-refractivity contribution in [1.82, 2.24) is 5.43 Å². The highest BCUT2D eigenvalue weighted by Gasteiger charge is 2.14. The topological polar surface area (TPSA) is 106 Å². The van der Waals surface area contributed by atoms with Crippen LogP contribution >= 0.6 is 23.2 Å². The molecule has 0 aromatic heterocycles. The van der Waals surface area contributed by atoms with E-state index in [4.69, 9.17) is 32.7 Å². The lowest BCUT2D eigenvalue weighted by Crippen LogP contribution is -2.18. The fourth-order valence-corrected chi connectivity index (χ4v) is 3.75. The molecule has 0 fully saturated rings. The van der Waals surface area contributed by atoms with Crippen molar-refractivity contribution in [2.24, 2.45) is 5.10 Å². The van der Waals surface area contributed by atoms with E-state index < -0.39 is 17.8 Å². The van der Waals surface area contributed by atoms with Crippen molar-refractivity contribution in [3.63, 3.8) is 0 Å². The second kappa shape index (κ2) is 12.7. The van der Waals surface area contributed by atoms with Gasteiger partial charge in [0.2, 0.25) is 0 Å². The van der Waals surface area contributed by atoms with Gasteiger partial charge in [-0.1, -0.05) is 41.4 Å². The van der Waals surface area contributed by atoms with Crippen LogP contribution in [-0.2, 0) is 0 Å². The maximum Gasteiger partial charge on any atom is 0.343 e. The van der Waals surface area contributed by atoms with Gasteiger partial charge in [0, 0.05) is 16.3 Å². The highest BCUT2D eigenvalue weighted by atomic mass is 35.5. The van der Waals surface area contributed by atoms with Crippen molar-refractivity contribution in [2.75, 3.05) is 12.4 Å². The zero-order chi connectivity index (χ0) is 27.8. The van der Waals surface area contributed by atoms with Gasteiger partial charge in [0.25, 0.3) is 11.8 Å². The largest absolute Gasteiger partial charge is 0.493 e. The van der Waals surface area contributed by atoms with Gasteiger partial charge in [-0.2, -0.15) is 5.10 Å². The van der Waals surface area contributed by atoms with Crippen LogP contribution in [0.1, 0.15) is 36.6 Å². The van der Waals surface area contributed by atoms with E-state index in [0.717, 1.165) is 0 Å². The number of nitrogens with zero attached hydrogens (tertiary/aromatic N) is 1. The van der Waals surface area contributed by atoms with Crippen LogP contribution in [0.25, 0.3) is 0 Å². The van der Waals surface area contributed by atoms with Crippen molar-refractivity contribution in [3.8, 4) is 11.5 Å². The minimum Gasteiger partial charge on any atom is -0.493 e. The molecule has 2 amide bonds. The minimum absolute atomic E-state index is 0.217. The first-order chi connectivity index (χ1) is 18.8. The molecule has 0 bridgehead atoms. The second-order valence-corrected chi connectivity index (χ2v) is 8.86. The van der Waals surface area contributed by atoms with Gasteiger partial charge in [-0.05, 0) is 78.4 Å². The molecule has 0 atom stereocenters. The third-order valence-electron chi connectivity index (χ3n) is 5.35. The first-order valence-corrected chi connectivity index (χ1v) is 12.2. The third kappa shape index (κ3) is 7.22. The molecule has 0 saturated carbocycles. The summed E-state index contributed by atoms with van der Waals surface area (Å²) in [6.45, 7) is 0. The predicted molar refractivity (Wildman–Crippen MR) is 150 cm³/mol. The Labute approximate surface area is 234 Å². The number of benzene rings is 4. The Balaban J connectivity index is 1.38. The average Bonchev–Trinajstić information content (AvgIpc) is 2.94. The van der Waals surface area contributed by atoms with Gasteiger partial charge < -0.3 is 14.8 Å². The zero-order valence-corrected chi connectivity index (χ0v) is 22.0. The van der Waals surface area contributed by atoms with Gasteiger partial charge in [0.15, 0.2) is 11.5 Å². The van der Waals surface area contributed by atoms with Crippen molar-refractivity contribution < 1.29 is 23.9 Å². The molecule has 0 aliphatic rings. The average molecular weight is 562 g/mol. The highest BCUT2D eigenvalue weighted by Crippen LogP contribution is 2.28. The number of ether oxygens (including phenoxy) is 2. The zero-order valence-electron chi connectivity index (χ0n) is 20.5. The summed E-state index contributed by atoms with van der Waals surface area (Å²) in [7, 11) is 1.44. The number of esters is 1. The summed E-state index contributed by atoms with van der Waals surface area (Å²) >= 11 is 11.9. The number of rotatable bonds is 8. The molecule has 0 unspecified atom stereocenters. The van der Waals surface area contributed by atoms with Crippen LogP contribution in [-0.4, -0.2) is 31.1 Å². The van der Waals surface area contributed by atoms with E-state index in [1.54, 1.807) is 84.9 Å². The Morgan fingerprint density at radius 2 is 1.56 bits per heavy atom. The maximum atomic E-state index is 12.6. The molecule has 0 aliphatic heterocycles. The number of hydrogen-bond acceptors (Lipinski definition) is 6. The number of hydrogen-bond donors (Lipinski definition) is 2. The van der Waals surface area contributed by atoms with Gasteiger partial charge >= 0.3 is 5.97 Å². The Morgan fingerprint density at radius 1 is 0.795 bits per heavy atom. The molecule has 0 heterocycles. The predicted octanol–water partition coefficient (Wildman–Crippen LogP) is 6.24. The Hall–Kier alpha value is -4.66. The summed E-state index contributed by atoms with van der Waals surface area (Å²) in [6, 6.07) is 24.2. The monoisotopic (exact) mass is 561 g/mol. The summed E-state index contributed by atoms with van der Waals surface area (Å²) in [5.74, 6) is -0.930. The molecule has 4 aromatic carbocycles. The normalized spacial score (nSPS) is 10.6. The fraction of sp³-hybridized carbons (Fsp3) is 0.0345. The number of carbonyl (C=O) groups is 3. The molecule has 0 saturated heterocycles. The quantitative estimate of drug-likeness (QED) is 0.115. The summed E-state index contributed by atoms with van der Waals surface area (Å²) in [6.07, 6.45) is 1.41. The maximum absolute atomic E-state index is 12.6. The van der Waals surface area contributed by atoms with E-state index in [1.807, 2.05) is 0 Å². The smallest absolute Gasteiger partial charge is 0.343 e. The van der Waals surface area contributed by atoms with E-state index in [-0.39, 0.29) is 11.3 Å². The lowest BCUT2D eigenvalue weighted by molar-refractivity contribution is 0.0729. The number of carbonyl (C=O) groups excluding carboxylic acids is 3. The van der Waals surface area contributed by atoms with Gasteiger partial charge in [-0.25, -0.2) is 10.2 Å². The van der Waals surface area contributed by atoms with Gasteiger partial charge in [-0.3, -0.25) is 9.59 Å². The molecule has 8 nitrogen and oxygen atoms in total.